The van der Waals surface area contributed by atoms with Gasteiger partial charge in [0.2, 0.25) is 0 Å². The second kappa shape index (κ2) is 13.3. The normalized spacial score (nSPS) is 20.9. The first-order chi connectivity index (χ1) is 13.7. The highest BCUT2D eigenvalue weighted by Gasteiger charge is 2.24. The molecule has 0 aliphatic carbocycles. The van der Waals surface area contributed by atoms with E-state index in [2.05, 4.69) is 16.8 Å². The monoisotopic (exact) mass is 517 g/mol. The van der Waals surface area contributed by atoms with E-state index in [0.717, 1.165) is 75.8 Å². The van der Waals surface area contributed by atoms with Crippen LogP contribution >= 0.6 is 24.0 Å². The van der Waals surface area contributed by atoms with E-state index in [4.69, 9.17) is 18.9 Å². The average molecular weight is 517 g/mol. The van der Waals surface area contributed by atoms with Crippen LogP contribution in [0.5, 0.6) is 0 Å². The third-order valence-corrected chi connectivity index (χ3v) is 5.27. The molecule has 2 aliphatic rings. The first-order valence-electron chi connectivity index (χ1n) is 10.6. The number of piperidine rings is 1. The maximum atomic E-state index is 6.14. The highest BCUT2D eigenvalue weighted by Crippen LogP contribution is 2.18. The standard InChI is InChI=1S/C22H35N3O3.HI/c1-18(2)16-24-22(23-11-8-19-7-5-15-26-19)25-12-9-20(10-13-25)28-17-21-6-3-4-14-27-21;/h5,7,15,20-21H,1,3-4,6,8-14,16-17H2,2H3,(H,23,24);1H. The molecule has 0 saturated carbocycles. The third kappa shape index (κ3) is 8.68. The zero-order valence-corrected chi connectivity index (χ0v) is 19.9. The molecule has 2 aliphatic heterocycles. The summed E-state index contributed by atoms with van der Waals surface area (Å²) in [6, 6.07) is 3.93. The summed E-state index contributed by atoms with van der Waals surface area (Å²) in [5.74, 6) is 1.95. The molecule has 3 rings (SSSR count). The Kier molecular flexibility index (Phi) is 11.1. The quantitative estimate of drug-likeness (QED) is 0.245. The molecule has 1 unspecified atom stereocenters. The van der Waals surface area contributed by atoms with E-state index in [9.17, 15) is 0 Å². The van der Waals surface area contributed by atoms with Gasteiger partial charge in [0.15, 0.2) is 5.96 Å². The molecule has 1 aromatic heterocycles. The number of halogens is 1. The Morgan fingerprint density at radius 3 is 2.79 bits per heavy atom. The number of likely N-dealkylation sites (tertiary alicyclic amines) is 1. The van der Waals surface area contributed by atoms with Crippen molar-refractivity contribution in [1.82, 2.24) is 10.2 Å². The minimum absolute atomic E-state index is 0. The van der Waals surface area contributed by atoms with Gasteiger partial charge in [-0.2, -0.15) is 0 Å². The zero-order valence-electron chi connectivity index (χ0n) is 17.6. The van der Waals surface area contributed by atoms with Crippen molar-refractivity contribution in [2.45, 2.75) is 57.7 Å². The average Bonchev–Trinajstić information content (AvgIpc) is 3.24. The third-order valence-electron chi connectivity index (χ3n) is 5.27. The SMILES string of the molecule is C=C(C)CN=C(NCCc1ccco1)N1CCC(OCC2CCCCO2)CC1.I. The molecule has 0 radical (unpaired) electrons. The number of nitrogens with zero attached hydrogens (tertiary/aromatic N) is 2. The smallest absolute Gasteiger partial charge is 0.194 e. The minimum atomic E-state index is 0. The highest BCUT2D eigenvalue weighted by atomic mass is 127. The fraction of sp³-hybridized carbons (Fsp3) is 0.682. The van der Waals surface area contributed by atoms with Gasteiger partial charge in [-0.3, -0.25) is 0 Å². The van der Waals surface area contributed by atoms with E-state index in [1.807, 2.05) is 19.1 Å². The summed E-state index contributed by atoms with van der Waals surface area (Å²) >= 11 is 0. The van der Waals surface area contributed by atoms with Crippen molar-refractivity contribution in [3.05, 3.63) is 36.3 Å². The Morgan fingerprint density at radius 2 is 2.14 bits per heavy atom. The van der Waals surface area contributed by atoms with Crippen LogP contribution in [-0.2, 0) is 15.9 Å². The second-order valence-corrected chi connectivity index (χ2v) is 7.86. The molecule has 164 valence electrons. The molecule has 3 heterocycles. The van der Waals surface area contributed by atoms with E-state index in [-0.39, 0.29) is 24.0 Å². The summed E-state index contributed by atoms with van der Waals surface area (Å²) in [6.45, 7) is 11.0. The number of aliphatic imine (C=N–C) groups is 1. The number of hydrogen-bond acceptors (Lipinski definition) is 4. The van der Waals surface area contributed by atoms with Gasteiger partial charge < -0.3 is 24.1 Å². The lowest BCUT2D eigenvalue weighted by atomic mass is 10.1. The molecule has 29 heavy (non-hydrogen) atoms. The van der Waals surface area contributed by atoms with E-state index in [1.165, 1.54) is 12.8 Å². The fourth-order valence-electron chi connectivity index (χ4n) is 3.65. The van der Waals surface area contributed by atoms with Crippen molar-refractivity contribution < 1.29 is 13.9 Å². The maximum absolute atomic E-state index is 6.14. The van der Waals surface area contributed by atoms with E-state index in [0.29, 0.717) is 18.8 Å². The van der Waals surface area contributed by atoms with Gasteiger partial charge in [-0.05, 0) is 51.2 Å². The van der Waals surface area contributed by atoms with Gasteiger partial charge in [0, 0.05) is 32.7 Å². The van der Waals surface area contributed by atoms with Crippen molar-refractivity contribution >= 4 is 29.9 Å². The van der Waals surface area contributed by atoms with Gasteiger partial charge in [-0.1, -0.05) is 12.2 Å². The lowest BCUT2D eigenvalue weighted by Crippen LogP contribution is -2.47. The lowest BCUT2D eigenvalue weighted by Gasteiger charge is -2.35. The number of rotatable bonds is 8. The van der Waals surface area contributed by atoms with E-state index >= 15 is 0 Å². The molecule has 6 nitrogen and oxygen atoms in total. The van der Waals surface area contributed by atoms with Gasteiger partial charge >= 0.3 is 0 Å². The summed E-state index contributed by atoms with van der Waals surface area (Å²) < 4.78 is 17.3. The number of guanidine groups is 1. The van der Waals surface area contributed by atoms with Gasteiger partial charge in [0.1, 0.15) is 5.76 Å². The largest absolute Gasteiger partial charge is 0.469 e. The second-order valence-electron chi connectivity index (χ2n) is 7.86. The van der Waals surface area contributed by atoms with Crippen LogP contribution in [0, 0.1) is 0 Å². The summed E-state index contributed by atoms with van der Waals surface area (Å²) in [4.78, 5) is 7.09. The number of ether oxygens (including phenoxy) is 2. The van der Waals surface area contributed by atoms with E-state index in [1.54, 1.807) is 6.26 Å². The van der Waals surface area contributed by atoms with Crippen molar-refractivity contribution in [1.29, 1.82) is 0 Å². The summed E-state index contributed by atoms with van der Waals surface area (Å²) in [7, 11) is 0. The van der Waals surface area contributed by atoms with Crippen LogP contribution in [0.15, 0.2) is 40.0 Å². The number of furan rings is 1. The van der Waals surface area contributed by atoms with Crippen LogP contribution in [0.1, 0.15) is 44.8 Å². The molecule has 0 aromatic carbocycles. The number of nitrogens with one attached hydrogen (secondary N) is 1. The minimum Gasteiger partial charge on any atom is -0.469 e. The number of hydrogen-bond donors (Lipinski definition) is 1. The van der Waals surface area contributed by atoms with Gasteiger partial charge in [0.05, 0.1) is 31.6 Å². The molecule has 1 aromatic rings. The fourth-order valence-corrected chi connectivity index (χ4v) is 3.65. The van der Waals surface area contributed by atoms with Gasteiger partial charge in [-0.25, -0.2) is 4.99 Å². The van der Waals surface area contributed by atoms with Crippen molar-refractivity contribution in [2.75, 3.05) is 39.4 Å². The molecule has 0 amide bonds. The molecular formula is C22H36IN3O3. The Bertz CT molecular complexity index is 607. The first-order valence-corrected chi connectivity index (χ1v) is 10.6. The molecule has 1 N–H and O–H groups in total. The molecule has 2 saturated heterocycles. The van der Waals surface area contributed by atoms with Crippen LogP contribution < -0.4 is 5.32 Å². The van der Waals surface area contributed by atoms with Crippen LogP contribution in [-0.4, -0.2) is 62.5 Å². The Morgan fingerprint density at radius 1 is 1.31 bits per heavy atom. The Balaban J connectivity index is 0.00000300. The predicted octanol–water partition coefficient (Wildman–Crippen LogP) is 4.01. The first kappa shape index (κ1) is 24.2. The highest BCUT2D eigenvalue weighted by molar-refractivity contribution is 14.0. The van der Waals surface area contributed by atoms with Crippen molar-refractivity contribution in [3.63, 3.8) is 0 Å². The zero-order chi connectivity index (χ0) is 19.6. The van der Waals surface area contributed by atoms with Crippen LogP contribution in [0.4, 0.5) is 0 Å². The van der Waals surface area contributed by atoms with E-state index < -0.39 is 0 Å². The Hall–Kier alpha value is -1.06. The molecule has 1 atom stereocenters. The topological polar surface area (TPSA) is 59.2 Å². The summed E-state index contributed by atoms with van der Waals surface area (Å²) in [6.07, 6.45) is 8.82. The Labute approximate surface area is 192 Å². The van der Waals surface area contributed by atoms with Crippen molar-refractivity contribution in [2.24, 2.45) is 4.99 Å². The van der Waals surface area contributed by atoms with Gasteiger partial charge in [0.25, 0.3) is 0 Å². The molecule has 2 fully saturated rings. The molecule has 7 heteroatoms. The van der Waals surface area contributed by atoms with Crippen LogP contribution in [0.3, 0.4) is 0 Å². The molecular weight excluding hydrogens is 481 g/mol. The van der Waals surface area contributed by atoms with Crippen LogP contribution in [0.25, 0.3) is 0 Å². The summed E-state index contributed by atoms with van der Waals surface area (Å²) in [5, 5.41) is 3.50. The lowest BCUT2D eigenvalue weighted by molar-refractivity contribution is -0.0721. The van der Waals surface area contributed by atoms with Gasteiger partial charge in [-0.15, -0.1) is 24.0 Å². The molecule has 0 spiro atoms. The summed E-state index contributed by atoms with van der Waals surface area (Å²) in [5.41, 5.74) is 1.07. The maximum Gasteiger partial charge on any atom is 0.194 e. The predicted molar refractivity (Wildman–Crippen MR) is 127 cm³/mol. The van der Waals surface area contributed by atoms with Crippen LogP contribution in [0.2, 0.25) is 0 Å². The van der Waals surface area contributed by atoms with Crippen molar-refractivity contribution in [3.8, 4) is 0 Å². The molecule has 0 bridgehead atoms.